The molecule has 1 aliphatic rings. The fourth-order valence-corrected chi connectivity index (χ4v) is 4.10. The number of hydrogen-bond donors (Lipinski definition) is 3. The zero-order valence-corrected chi connectivity index (χ0v) is 17.1. The zero-order valence-electron chi connectivity index (χ0n) is 17.1. The molecule has 0 aliphatic carbocycles. The molecule has 0 unspecified atom stereocenters. The first-order valence-electron chi connectivity index (χ1n) is 10.1. The lowest BCUT2D eigenvalue weighted by Crippen LogP contribution is -2.44. The van der Waals surface area contributed by atoms with Crippen molar-refractivity contribution in [2.24, 2.45) is 0 Å². The molecule has 154 valence electrons. The second-order valence-corrected chi connectivity index (χ2v) is 7.68. The van der Waals surface area contributed by atoms with Gasteiger partial charge in [-0.3, -0.25) is 9.69 Å². The molecule has 30 heavy (non-hydrogen) atoms. The lowest BCUT2D eigenvalue weighted by molar-refractivity contribution is 0.0963. The van der Waals surface area contributed by atoms with E-state index < -0.39 is 0 Å². The summed E-state index contributed by atoms with van der Waals surface area (Å²) in [5.41, 5.74) is 3.51. The smallest absolute Gasteiger partial charge is 0.254 e. The van der Waals surface area contributed by atoms with Crippen LogP contribution in [0.3, 0.4) is 0 Å². The summed E-state index contributed by atoms with van der Waals surface area (Å²) in [7, 11) is 1.63. The molecule has 2 atom stereocenters. The summed E-state index contributed by atoms with van der Waals surface area (Å²) in [5.74, 6) is -0.151. The third kappa shape index (κ3) is 3.98. The number of H-pyrrole nitrogens is 1. The summed E-state index contributed by atoms with van der Waals surface area (Å²) >= 11 is 0. The minimum absolute atomic E-state index is 0.151. The predicted octanol–water partition coefficient (Wildman–Crippen LogP) is 2.65. The van der Waals surface area contributed by atoms with Gasteiger partial charge < -0.3 is 15.6 Å². The Hall–Kier alpha value is -3.44. The van der Waals surface area contributed by atoms with Crippen LogP contribution in [0.15, 0.2) is 36.7 Å². The second kappa shape index (κ2) is 8.51. The van der Waals surface area contributed by atoms with Crippen molar-refractivity contribution in [1.82, 2.24) is 25.2 Å². The monoisotopic (exact) mass is 403 g/mol. The number of likely N-dealkylation sites (tertiary alicyclic amines) is 1. The molecule has 0 radical (unpaired) electrons. The Morgan fingerprint density at radius 2 is 2.27 bits per heavy atom. The van der Waals surface area contributed by atoms with E-state index in [1.165, 1.54) is 0 Å². The van der Waals surface area contributed by atoms with Crippen LogP contribution in [-0.4, -0.2) is 51.4 Å². The number of amides is 1. The molecule has 0 aromatic carbocycles. The molecule has 1 saturated heterocycles. The Morgan fingerprint density at radius 3 is 3.03 bits per heavy atom. The largest absolute Gasteiger partial charge is 0.381 e. The average molecular weight is 403 g/mol. The van der Waals surface area contributed by atoms with E-state index in [9.17, 15) is 4.79 Å². The van der Waals surface area contributed by atoms with E-state index in [0.717, 1.165) is 48.3 Å². The van der Waals surface area contributed by atoms with E-state index in [4.69, 9.17) is 5.26 Å². The number of piperidine rings is 1. The number of nitrogens with one attached hydrogen (secondary N) is 3. The van der Waals surface area contributed by atoms with E-state index >= 15 is 0 Å². The molecule has 1 amide bonds. The van der Waals surface area contributed by atoms with E-state index in [2.05, 4.69) is 43.5 Å². The molecular weight excluding hydrogens is 378 g/mol. The molecule has 0 saturated carbocycles. The molecular formula is C22H25N7O. The molecule has 0 bridgehead atoms. The van der Waals surface area contributed by atoms with Gasteiger partial charge in [0.2, 0.25) is 0 Å². The van der Waals surface area contributed by atoms with Crippen molar-refractivity contribution < 1.29 is 4.79 Å². The SMILES string of the molecule is CNC(=O)c1cnc2[nH]ccc2c1N[C@H]1CCN(Cc2cccc(C#N)n2)[C@@H](C)C1. The average Bonchev–Trinajstić information content (AvgIpc) is 3.25. The highest BCUT2D eigenvalue weighted by Gasteiger charge is 2.27. The van der Waals surface area contributed by atoms with Gasteiger partial charge in [-0.25, -0.2) is 9.97 Å². The van der Waals surface area contributed by atoms with Gasteiger partial charge in [0.15, 0.2) is 0 Å². The molecule has 3 N–H and O–H groups in total. The Bertz CT molecular complexity index is 1100. The molecule has 1 fully saturated rings. The molecule has 3 aromatic heterocycles. The van der Waals surface area contributed by atoms with Gasteiger partial charge in [-0.05, 0) is 38.0 Å². The summed E-state index contributed by atoms with van der Waals surface area (Å²) in [6.07, 6.45) is 5.35. The highest BCUT2D eigenvalue weighted by atomic mass is 16.1. The molecule has 4 heterocycles. The summed E-state index contributed by atoms with van der Waals surface area (Å²) in [6, 6.07) is 10.2. The van der Waals surface area contributed by atoms with Crippen molar-refractivity contribution in [3.05, 3.63) is 53.6 Å². The maximum absolute atomic E-state index is 12.4. The number of rotatable bonds is 5. The van der Waals surface area contributed by atoms with Crippen LogP contribution in [0.25, 0.3) is 11.0 Å². The Kier molecular flexibility index (Phi) is 5.63. The number of aromatic nitrogens is 3. The lowest BCUT2D eigenvalue weighted by Gasteiger charge is -2.38. The van der Waals surface area contributed by atoms with Gasteiger partial charge in [0.1, 0.15) is 17.4 Å². The topological polar surface area (TPSA) is 110 Å². The summed E-state index contributed by atoms with van der Waals surface area (Å²) in [5, 5.41) is 16.3. The Labute approximate surface area is 175 Å². The van der Waals surface area contributed by atoms with Crippen molar-refractivity contribution in [1.29, 1.82) is 5.26 Å². The molecule has 4 rings (SSSR count). The Balaban J connectivity index is 1.48. The molecule has 8 heteroatoms. The number of hydrogen-bond acceptors (Lipinski definition) is 6. The number of carbonyl (C=O) groups excluding carboxylic acids is 1. The third-order valence-corrected chi connectivity index (χ3v) is 5.71. The van der Waals surface area contributed by atoms with Crippen LogP contribution >= 0.6 is 0 Å². The van der Waals surface area contributed by atoms with Crippen LogP contribution in [-0.2, 0) is 6.54 Å². The molecule has 1 aliphatic heterocycles. The predicted molar refractivity (Wildman–Crippen MR) is 115 cm³/mol. The third-order valence-electron chi connectivity index (χ3n) is 5.71. The van der Waals surface area contributed by atoms with Crippen LogP contribution < -0.4 is 10.6 Å². The van der Waals surface area contributed by atoms with Gasteiger partial charge >= 0.3 is 0 Å². The quantitative estimate of drug-likeness (QED) is 0.604. The van der Waals surface area contributed by atoms with Crippen molar-refractivity contribution in [2.45, 2.75) is 38.4 Å². The molecule has 0 spiro atoms. The first-order valence-corrected chi connectivity index (χ1v) is 10.1. The van der Waals surface area contributed by atoms with Gasteiger partial charge in [0.25, 0.3) is 5.91 Å². The number of nitriles is 1. The van der Waals surface area contributed by atoms with Crippen molar-refractivity contribution in [3.8, 4) is 6.07 Å². The Morgan fingerprint density at radius 1 is 1.40 bits per heavy atom. The van der Waals surface area contributed by atoms with Crippen LogP contribution in [0.2, 0.25) is 0 Å². The van der Waals surface area contributed by atoms with Crippen LogP contribution in [0.5, 0.6) is 0 Å². The highest BCUT2D eigenvalue weighted by Crippen LogP contribution is 2.29. The van der Waals surface area contributed by atoms with Gasteiger partial charge in [-0.2, -0.15) is 5.26 Å². The van der Waals surface area contributed by atoms with Gasteiger partial charge in [0, 0.05) is 50.0 Å². The second-order valence-electron chi connectivity index (χ2n) is 7.68. The fourth-order valence-electron chi connectivity index (χ4n) is 4.10. The first-order chi connectivity index (χ1) is 14.6. The van der Waals surface area contributed by atoms with Crippen LogP contribution in [0.1, 0.15) is 41.5 Å². The zero-order chi connectivity index (χ0) is 21.1. The first kappa shape index (κ1) is 19.9. The fraction of sp³-hybridized carbons (Fsp3) is 0.364. The van der Waals surface area contributed by atoms with E-state index in [1.807, 2.05) is 24.4 Å². The number of pyridine rings is 2. The van der Waals surface area contributed by atoms with Crippen LogP contribution in [0, 0.1) is 11.3 Å². The number of aromatic amines is 1. The number of carbonyl (C=O) groups is 1. The number of fused-ring (bicyclic) bond motifs is 1. The van der Waals surface area contributed by atoms with Gasteiger partial charge in [-0.1, -0.05) is 6.07 Å². The van der Waals surface area contributed by atoms with Crippen molar-refractivity contribution in [2.75, 3.05) is 18.9 Å². The minimum atomic E-state index is -0.151. The maximum Gasteiger partial charge on any atom is 0.254 e. The van der Waals surface area contributed by atoms with E-state index in [1.54, 1.807) is 19.3 Å². The van der Waals surface area contributed by atoms with Crippen molar-refractivity contribution >= 4 is 22.6 Å². The minimum Gasteiger partial charge on any atom is -0.381 e. The summed E-state index contributed by atoms with van der Waals surface area (Å²) < 4.78 is 0. The van der Waals surface area contributed by atoms with Crippen LogP contribution in [0.4, 0.5) is 5.69 Å². The number of anilines is 1. The maximum atomic E-state index is 12.4. The standard InChI is InChI=1S/C22H25N7O/c1-14-10-15(7-9-29(14)13-17-5-3-4-16(11-23)27-17)28-20-18-6-8-25-21(18)26-12-19(20)22(30)24-2/h3-6,8,12,14-15H,7,9-10,13H2,1-2H3,(H,24,30)(H2,25,26,28)/t14-,15-/m0/s1. The number of nitrogens with zero attached hydrogens (tertiary/aromatic N) is 4. The lowest BCUT2D eigenvalue weighted by atomic mass is 9.97. The normalized spacial score (nSPS) is 19.4. The van der Waals surface area contributed by atoms with Gasteiger partial charge in [0.05, 0.1) is 16.9 Å². The highest BCUT2D eigenvalue weighted by molar-refractivity contribution is 6.06. The summed E-state index contributed by atoms with van der Waals surface area (Å²) in [4.78, 5) is 26.6. The van der Waals surface area contributed by atoms with E-state index in [0.29, 0.717) is 17.3 Å². The molecule has 3 aromatic rings. The van der Waals surface area contributed by atoms with Gasteiger partial charge in [-0.15, -0.1) is 0 Å². The van der Waals surface area contributed by atoms with Crippen molar-refractivity contribution in [3.63, 3.8) is 0 Å². The van der Waals surface area contributed by atoms with E-state index in [-0.39, 0.29) is 11.9 Å². The summed E-state index contributed by atoms with van der Waals surface area (Å²) in [6.45, 7) is 3.85. The molecule has 8 nitrogen and oxygen atoms in total.